The molecule has 1 amide bonds. The van der Waals surface area contributed by atoms with Gasteiger partial charge in [0, 0.05) is 17.8 Å². The van der Waals surface area contributed by atoms with Crippen molar-refractivity contribution in [1.82, 2.24) is 5.32 Å². The van der Waals surface area contributed by atoms with E-state index in [1.807, 2.05) is 18.2 Å². The number of carbonyl (C=O) groups is 1. The molecular formula is C27H33N3OS. The van der Waals surface area contributed by atoms with E-state index in [1.165, 1.54) is 39.7 Å². The van der Waals surface area contributed by atoms with Gasteiger partial charge in [-0.15, -0.1) is 0 Å². The number of fused-ring (bicyclic) bond motifs is 1. The molecule has 0 radical (unpaired) electrons. The monoisotopic (exact) mass is 447 g/mol. The van der Waals surface area contributed by atoms with Crippen LogP contribution < -0.4 is 10.2 Å². The van der Waals surface area contributed by atoms with E-state index in [-0.39, 0.29) is 11.4 Å². The van der Waals surface area contributed by atoms with E-state index in [9.17, 15) is 4.79 Å². The fourth-order valence-electron chi connectivity index (χ4n) is 4.94. The van der Waals surface area contributed by atoms with Gasteiger partial charge < -0.3 is 10.2 Å². The predicted molar refractivity (Wildman–Crippen MR) is 138 cm³/mol. The summed E-state index contributed by atoms with van der Waals surface area (Å²) in [6.45, 7) is 16.5. The molecule has 32 heavy (non-hydrogen) atoms. The van der Waals surface area contributed by atoms with Gasteiger partial charge in [-0.2, -0.15) is 0 Å². The first-order valence-electron chi connectivity index (χ1n) is 11.4. The Morgan fingerprint density at radius 1 is 1.16 bits per heavy atom. The van der Waals surface area contributed by atoms with Crippen LogP contribution in [0.1, 0.15) is 67.9 Å². The molecule has 1 N–H and O–H groups in total. The lowest BCUT2D eigenvalue weighted by atomic mass is 9.79. The second kappa shape index (κ2) is 8.43. The maximum atomic E-state index is 12.7. The van der Waals surface area contributed by atoms with E-state index in [4.69, 9.17) is 0 Å². The number of anilines is 1. The van der Waals surface area contributed by atoms with Gasteiger partial charge in [-0.3, -0.25) is 4.79 Å². The van der Waals surface area contributed by atoms with Crippen LogP contribution in [0.4, 0.5) is 11.4 Å². The number of benzene rings is 2. The largest absolute Gasteiger partial charge is 0.366 e. The highest BCUT2D eigenvalue weighted by Gasteiger charge is 2.36. The highest BCUT2D eigenvalue weighted by atomic mass is 32.2. The lowest BCUT2D eigenvalue weighted by molar-refractivity contribution is -0.115. The molecule has 2 aliphatic heterocycles. The fraction of sp³-hybridized carbons (Fsp3) is 0.407. The highest BCUT2D eigenvalue weighted by molar-refractivity contribution is 8.18. The number of amidine groups is 1. The molecule has 2 aromatic carbocycles. The minimum absolute atomic E-state index is 0.0842. The Kier molecular flexibility index (Phi) is 5.97. The number of carbonyl (C=O) groups excluding carboxylic acids is 1. The van der Waals surface area contributed by atoms with Gasteiger partial charge in [-0.25, -0.2) is 4.99 Å². The SMILES string of the molecule is CCN1c2cc(C)c(/C=C3/SC(=Nc4ccc(C)c(C)c4)NC3=O)cc2C(C)CC1(C)C. The summed E-state index contributed by atoms with van der Waals surface area (Å²) in [7, 11) is 0. The van der Waals surface area contributed by atoms with Crippen LogP contribution in [-0.4, -0.2) is 23.2 Å². The molecule has 1 fully saturated rings. The van der Waals surface area contributed by atoms with Crippen LogP contribution >= 0.6 is 11.8 Å². The Morgan fingerprint density at radius 3 is 2.59 bits per heavy atom. The Morgan fingerprint density at radius 2 is 1.91 bits per heavy atom. The molecule has 1 saturated heterocycles. The van der Waals surface area contributed by atoms with E-state index in [0.717, 1.165) is 24.2 Å². The normalized spacial score (nSPS) is 22.4. The van der Waals surface area contributed by atoms with Gasteiger partial charge in [0.25, 0.3) is 5.91 Å². The summed E-state index contributed by atoms with van der Waals surface area (Å²) in [5.41, 5.74) is 8.43. The summed E-state index contributed by atoms with van der Waals surface area (Å²) in [5.74, 6) is 0.395. The number of nitrogens with one attached hydrogen (secondary N) is 1. The van der Waals surface area contributed by atoms with Crippen molar-refractivity contribution in [1.29, 1.82) is 0 Å². The summed E-state index contributed by atoms with van der Waals surface area (Å²) in [4.78, 5) is 20.5. The van der Waals surface area contributed by atoms with Crippen LogP contribution in [0.2, 0.25) is 0 Å². The van der Waals surface area contributed by atoms with Crippen molar-refractivity contribution in [2.45, 2.75) is 66.3 Å². The van der Waals surface area contributed by atoms with Gasteiger partial charge in [0.1, 0.15) is 0 Å². The summed E-state index contributed by atoms with van der Waals surface area (Å²) in [5, 5.41) is 3.55. The van der Waals surface area contributed by atoms with Gasteiger partial charge in [-0.1, -0.05) is 13.0 Å². The Labute approximate surface area is 196 Å². The first-order chi connectivity index (χ1) is 15.1. The minimum atomic E-state index is -0.0842. The zero-order valence-corrected chi connectivity index (χ0v) is 21.0. The van der Waals surface area contributed by atoms with Gasteiger partial charge >= 0.3 is 0 Å². The van der Waals surface area contributed by atoms with Crippen molar-refractivity contribution in [3.63, 3.8) is 0 Å². The maximum absolute atomic E-state index is 12.7. The van der Waals surface area contributed by atoms with Crippen molar-refractivity contribution < 1.29 is 4.79 Å². The maximum Gasteiger partial charge on any atom is 0.264 e. The van der Waals surface area contributed by atoms with Crippen molar-refractivity contribution in [2.24, 2.45) is 4.99 Å². The van der Waals surface area contributed by atoms with E-state index in [1.54, 1.807) is 0 Å². The number of aliphatic imine (C=N–C) groups is 1. The van der Waals surface area contributed by atoms with Crippen LogP contribution in [0.25, 0.3) is 6.08 Å². The number of aryl methyl sites for hydroxylation is 3. The number of hydrogen-bond acceptors (Lipinski definition) is 4. The molecule has 0 aromatic heterocycles. The molecule has 4 rings (SSSR count). The van der Waals surface area contributed by atoms with Crippen LogP contribution in [0, 0.1) is 20.8 Å². The smallest absolute Gasteiger partial charge is 0.264 e. The minimum Gasteiger partial charge on any atom is -0.366 e. The molecule has 2 heterocycles. The summed E-state index contributed by atoms with van der Waals surface area (Å²) in [6.07, 6.45) is 3.14. The molecule has 168 valence electrons. The topological polar surface area (TPSA) is 44.7 Å². The van der Waals surface area contributed by atoms with Crippen LogP contribution in [-0.2, 0) is 4.79 Å². The third-order valence-electron chi connectivity index (χ3n) is 6.75. The number of nitrogens with zero attached hydrogens (tertiary/aromatic N) is 2. The molecule has 0 aliphatic carbocycles. The highest BCUT2D eigenvalue weighted by Crippen LogP contribution is 2.44. The van der Waals surface area contributed by atoms with Crippen molar-refractivity contribution in [2.75, 3.05) is 11.4 Å². The standard InChI is InChI=1S/C27H33N3OS/c1-8-30-23-12-18(4)20(13-22(23)19(5)15-27(30,6)7)14-24-25(31)29-26(32-24)28-21-10-9-16(2)17(3)11-21/h9-14,19H,8,15H2,1-7H3,(H,28,29,31)/b24-14+. The van der Waals surface area contributed by atoms with E-state index in [2.05, 4.69) is 81.9 Å². The van der Waals surface area contributed by atoms with Crippen molar-refractivity contribution >= 4 is 40.3 Å². The summed E-state index contributed by atoms with van der Waals surface area (Å²) in [6, 6.07) is 10.7. The number of thioether (sulfide) groups is 1. The molecule has 2 aromatic rings. The molecule has 2 aliphatic rings. The third-order valence-corrected chi connectivity index (χ3v) is 7.66. The van der Waals surface area contributed by atoms with Gasteiger partial charge in [0.2, 0.25) is 0 Å². The van der Waals surface area contributed by atoms with E-state index < -0.39 is 0 Å². The fourth-order valence-corrected chi connectivity index (χ4v) is 5.77. The van der Waals surface area contributed by atoms with Crippen LogP contribution in [0.5, 0.6) is 0 Å². The second-order valence-electron chi connectivity index (χ2n) is 9.68. The lowest BCUT2D eigenvalue weighted by Gasteiger charge is -2.47. The van der Waals surface area contributed by atoms with Crippen molar-refractivity contribution in [3.8, 4) is 0 Å². The zero-order valence-electron chi connectivity index (χ0n) is 20.2. The average molecular weight is 448 g/mol. The molecule has 4 nitrogen and oxygen atoms in total. The van der Waals surface area contributed by atoms with Crippen molar-refractivity contribution in [3.05, 3.63) is 63.1 Å². The Balaban J connectivity index is 1.66. The molecule has 0 saturated carbocycles. The molecule has 1 unspecified atom stereocenters. The number of amides is 1. The van der Waals surface area contributed by atoms with Gasteiger partial charge in [0.05, 0.1) is 10.6 Å². The number of hydrogen-bond donors (Lipinski definition) is 1. The Hall–Kier alpha value is -2.53. The molecule has 5 heteroatoms. The van der Waals surface area contributed by atoms with Crippen LogP contribution in [0.3, 0.4) is 0 Å². The zero-order chi connectivity index (χ0) is 23.2. The quantitative estimate of drug-likeness (QED) is 0.538. The Bertz CT molecular complexity index is 1150. The first kappa shape index (κ1) is 22.7. The molecule has 0 spiro atoms. The number of rotatable bonds is 3. The van der Waals surface area contributed by atoms with Gasteiger partial charge in [0.15, 0.2) is 5.17 Å². The molecule has 1 atom stereocenters. The van der Waals surface area contributed by atoms with Crippen LogP contribution in [0.15, 0.2) is 40.2 Å². The van der Waals surface area contributed by atoms with E-state index in [0.29, 0.717) is 16.0 Å². The summed E-state index contributed by atoms with van der Waals surface area (Å²) < 4.78 is 0. The third kappa shape index (κ3) is 4.23. The second-order valence-corrected chi connectivity index (χ2v) is 10.7. The lowest BCUT2D eigenvalue weighted by Crippen LogP contribution is -2.48. The van der Waals surface area contributed by atoms with E-state index >= 15 is 0 Å². The first-order valence-corrected chi connectivity index (χ1v) is 12.2. The van der Waals surface area contributed by atoms with Gasteiger partial charge in [-0.05, 0) is 124 Å². The molecule has 0 bridgehead atoms. The molecular weight excluding hydrogens is 414 g/mol. The summed E-state index contributed by atoms with van der Waals surface area (Å²) >= 11 is 1.41. The predicted octanol–water partition coefficient (Wildman–Crippen LogP) is 6.62. The average Bonchev–Trinajstić information content (AvgIpc) is 3.04.